The first kappa shape index (κ1) is 32.6. The minimum atomic E-state index is -3.93. The van der Waals surface area contributed by atoms with Gasteiger partial charge in [0.05, 0.1) is 16.3 Å². The van der Waals surface area contributed by atoms with Crippen LogP contribution in [0.5, 0.6) is 5.75 Å². The van der Waals surface area contributed by atoms with Gasteiger partial charge < -0.3 is 9.84 Å². The summed E-state index contributed by atoms with van der Waals surface area (Å²) in [5, 5.41) is 20.7. The molecule has 0 saturated heterocycles. The highest BCUT2D eigenvalue weighted by molar-refractivity contribution is 7.89. The van der Waals surface area contributed by atoms with E-state index in [1.165, 1.54) is 35.4 Å². The molecule has 0 radical (unpaired) electrons. The molecule has 246 valence electrons. The number of nitrogens with two attached hydrogens (primary N) is 2. The molecule has 0 aromatic heterocycles. The molecule has 2 fully saturated rings. The van der Waals surface area contributed by atoms with Crippen LogP contribution in [-0.4, -0.2) is 45.5 Å². The summed E-state index contributed by atoms with van der Waals surface area (Å²) in [6.45, 7) is 2.57. The molecule has 5 atom stereocenters. The van der Waals surface area contributed by atoms with Crippen LogP contribution in [0.3, 0.4) is 0 Å². The molecule has 5 N–H and O–H groups in total. The number of carbonyl (C=O) groups is 1. The Morgan fingerprint density at radius 1 is 0.891 bits per heavy atom. The van der Waals surface area contributed by atoms with Crippen molar-refractivity contribution in [3.63, 3.8) is 0 Å². The number of phenols is 1. The van der Waals surface area contributed by atoms with E-state index >= 15 is 0 Å². The average molecular weight is 668 g/mol. The maximum atomic E-state index is 13.6. The lowest BCUT2D eigenvalue weighted by Crippen LogP contribution is -2.45. The second-order valence-electron chi connectivity index (χ2n) is 13.4. The first-order valence-electron chi connectivity index (χ1n) is 15.7. The molecule has 0 heterocycles. The number of benzene rings is 3. The van der Waals surface area contributed by atoms with Gasteiger partial charge in [-0.2, -0.15) is 0 Å². The lowest BCUT2D eigenvalue weighted by molar-refractivity contribution is -0.159. The second-order valence-corrected chi connectivity index (χ2v) is 16.6. The molecule has 3 aromatic carbocycles. The third kappa shape index (κ3) is 6.72. The van der Waals surface area contributed by atoms with Gasteiger partial charge in [0, 0.05) is 18.5 Å². The van der Waals surface area contributed by atoms with Crippen LogP contribution in [0.25, 0.3) is 0 Å². The summed E-state index contributed by atoms with van der Waals surface area (Å²) < 4.78 is 54.2. The molecule has 3 aromatic rings. The summed E-state index contributed by atoms with van der Waals surface area (Å²) in [6, 6.07) is 18.2. The van der Waals surface area contributed by atoms with Crippen molar-refractivity contribution in [1.82, 2.24) is 4.90 Å². The van der Waals surface area contributed by atoms with Crippen molar-refractivity contribution in [2.45, 2.75) is 80.4 Å². The van der Waals surface area contributed by atoms with Crippen molar-refractivity contribution in [3.8, 4) is 5.75 Å². The van der Waals surface area contributed by atoms with Crippen LogP contribution in [0.15, 0.2) is 76.5 Å². The molecule has 46 heavy (non-hydrogen) atoms. The van der Waals surface area contributed by atoms with E-state index in [2.05, 4.69) is 13.0 Å². The number of hydrogen-bond acceptors (Lipinski definition) is 8. The molecule has 12 heteroatoms. The number of ether oxygens (including phenoxy) is 1. The van der Waals surface area contributed by atoms with Gasteiger partial charge in [-0.3, -0.25) is 9.69 Å². The van der Waals surface area contributed by atoms with Gasteiger partial charge in [0.25, 0.3) is 0 Å². The van der Waals surface area contributed by atoms with E-state index < -0.39 is 20.0 Å². The van der Waals surface area contributed by atoms with Crippen LogP contribution in [0.2, 0.25) is 0 Å². The number of esters is 1. The number of primary sulfonamides is 2. The van der Waals surface area contributed by atoms with Gasteiger partial charge in [-0.05, 0) is 115 Å². The third-order valence-corrected chi connectivity index (χ3v) is 12.3. The Bertz CT molecular complexity index is 1790. The zero-order chi connectivity index (χ0) is 32.9. The monoisotopic (exact) mass is 667 g/mol. The van der Waals surface area contributed by atoms with Crippen molar-refractivity contribution in [2.24, 2.45) is 27.5 Å². The molecular formula is C34H41N3O7S2. The minimum absolute atomic E-state index is 0.0357. The van der Waals surface area contributed by atoms with Crippen LogP contribution >= 0.6 is 0 Å². The molecule has 3 unspecified atom stereocenters. The number of nitrogens with zero attached hydrogens (tertiary/aromatic N) is 1. The second kappa shape index (κ2) is 12.4. The predicted molar refractivity (Wildman–Crippen MR) is 172 cm³/mol. The van der Waals surface area contributed by atoms with Crippen molar-refractivity contribution in [1.29, 1.82) is 0 Å². The van der Waals surface area contributed by atoms with Crippen molar-refractivity contribution >= 4 is 26.0 Å². The van der Waals surface area contributed by atoms with Gasteiger partial charge in [0.1, 0.15) is 11.9 Å². The summed E-state index contributed by atoms with van der Waals surface area (Å²) in [7, 11) is -7.86. The summed E-state index contributed by atoms with van der Waals surface area (Å²) in [5.74, 6) is 1.32. The summed E-state index contributed by atoms with van der Waals surface area (Å²) in [5.41, 5.74) is 3.71. The van der Waals surface area contributed by atoms with Crippen molar-refractivity contribution in [3.05, 3.63) is 89.0 Å². The number of rotatable bonds is 9. The summed E-state index contributed by atoms with van der Waals surface area (Å²) in [6.07, 6.45) is 5.53. The van der Waals surface area contributed by atoms with Crippen molar-refractivity contribution in [2.75, 3.05) is 6.54 Å². The topological polar surface area (TPSA) is 170 Å². The van der Waals surface area contributed by atoms with E-state index in [4.69, 9.17) is 15.0 Å². The maximum Gasteiger partial charge on any atom is 0.320 e. The average Bonchev–Trinajstić information content (AvgIpc) is 3.32. The van der Waals surface area contributed by atoms with E-state index in [0.29, 0.717) is 34.6 Å². The largest absolute Gasteiger partial charge is 0.508 e. The SMILES string of the molecule is C[C@@]12CCC3c4ccc(O)cc4CCC3C1CC[C@@H]2OC(=O)CN(Cc1cccc(S(N)(=O)=O)c1)Cc1cccc(S(N)(=O)=O)c1. The molecule has 0 spiro atoms. The Kier molecular flexibility index (Phi) is 8.79. The molecule has 0 bridgehead atoms. The van der Waals surface area contributed by atoms with Gasteiger partial charge in [-0.15, -0.1) is 0 Å². The maximum absolute atomic E-state index is 13.6. The lowest BCUT2D eigenvalue weighted by atomic mass is 9.55. The van der Waals surface area contributed by atoms with E-state index in [9.17, 15) is 26.7 Å². The van der Waals surface area contributed by atoms with E-state index in [0.717, 1.165) is 38.5 Å². The van der Waals surface area contributed by atoms with Crippen LogP contribution in [-0.2, 0) is 49.1 Å². The molecule has 6 rings (SSSR count). The highest BCUT2D eigenvalue weighted by atomic mass is 32.2. The highest BCUT2D eigenvalue weighted by Gasteiger charge is 2.56. The molecule has 0 aliphatic heterocycles. The standard InChI is InChI=1S/C34H41N3O7S2/c1-34-15-14-29-28-11-9-25(38)18-24(28)8-10-30(29)31(34)12-13-32(34)44-33(39)21-37(19-22-4-2-6-26(16-22)45(35,40)41)20-23-5-3-7-27(17-23)46(36,42)43/h2-7,9,11,16-18,29-32,38H,8,10,12-15,19-21H2,1H3,(H2,35,40,41)(H2,36,42,43)/t29?,30?,31?,32-,34+/m0/s1. The van der Waals surface area contributed by atoms with E-state index in [1.807, 2.05) is 6.07 Å². The number of aryl methyl sites for hydroxylation is 1. The fourth-order valence-corrected chi connectivity index (χ4v) is 9.59. The highest BCUT2D eigenvalue weighted by Crippen LogP contribution is 2.61. The predicted octanol–water partition coefficient (Wildman–Crippen LogP) is 4.16. The first-order valence-corrected chi connectivity index (χ1v) is 18.8. The molecule has 2 saturated carbocycles. The fraction of sp³-hybridized carbons (Fsp3) is 0.441. The quantitative estimate of drug-likeness (QED) is 0.286. The van der Waals surface area contributed by atoms with Gasteiger partial charge >= 0.3 is 5.97 Å². The van der Waals surface area contributed by atoms with Crippen LogP contribution < -0.4 is 10.3 Å². The van der Waals surface area contributed by atoms with Crippen molar-refractivity contribution < 1.29 is 31.5 Å². The number of hydrogen-bond donors (Lipinski definition) is 3. The molecule has 3 aliphatic carbocycles. The Labute approximate surface area is 270 Å². The smallest absolute Gasteiger partial charge is 0.320 e. The molecular weight excluding hydrogens is 627 g/mol. The number of fused-ring (bicyclic) bond motifs is 5. The Balaban J connectivity index is 1.19. The number of carbonyl (C=O) groups excluding carboxylic acids is 1. The van der Waals surface area contributed by atoms with Gasteiger partial charge in [0.15, 0.2) is 0 Å². The lowest BCUT2D eigenvalue weighted by Gasteiger charge is -2.50. The van der Waals surface area contributed by atoms with Gasteiger partial charge in [-0.1, -0.05) is 37.3 Å². The zero-order valence-electron chi connectivity index (χ0n) is 25.8. The number of phenolic OH excluding ortho intramolecular Hbond substituents is 1. The molecule has 10 nitrogen and oxygen atoms in total. The van der Waals surface area contributed by atoms with Crippen LogP contribution in [0.1, 0.15) is 67.2 Å². The number of sulfonamides is 2. The number of aromatic hydroxyl groups is 1. The van der Waals surface area contributed by atoms with Gasteiger partial charge in [-0.25, -0.2) is 27.1 Å². The van der Waals surface area contributed by atoms with E-state index in [-0.39, 0.29) is 46.9 Å². The van der Waals surface area contributed by atoms with E-state index in [1.54, 1.807) is 35.2 Å². The Hall–Kier alpha value is -3.29. The third-order valence-electron chi connectivity index (χ3n) is 10.5. The molecule has 0 amide bonds. The zero-order valence-corrected chi connectivity index (χ0v) is 27.5. The minimum Gasteiger partial charge on any atom is -0.508 e. The normalized spacial score (nSPS) is 25.8. The van der Waals surface area contributed by atoms with Crippen LogP contribution in [0, 0.1) is 17.3 Å². The van der Waals surface area contributed by atoms with Crippen LogP contribution in [0.4, 0.5) is 0 Å². The van der Waals surface area contributed by atoms with Gasteiger partial charge in [0.2, 0.25) is 20.0 Å². The first-order chi connectivity index (χ1) is 21.7. The Morgan fingerprint density at radius 2 is 1.52 bits per heavy atom. The fourth-order valence-electron chi connectivity index (χ4n) is 8.42. The Morgan fingerprint density at radius 3 is 2.13 bits per heavy atom. The summed E-state index contributed by atoms with van der Waals surface area (Å²) in [4.78, 5) is 15.3. The summed E-state index contributed by atoms with van der Waals surface area (Å²) >= 11 is 0. The molecule has 3 aliphatic rings.